The molecular weight excluding hydrogens is 899 g/mol. The Balaban J connectivity index is 0.000000218. The fraction of sp³-hybridized carbons (Fsp3) is 0.259. The van der Waals surface area contributed by atoms with Crippen molar-refractivity contribution in [3.05, 3.63) is 171 Å². The van der Waals surface area contributed by atoms with Gasteiger partial charge in [-0.05, 0) is 137 Å². The van der Waals surface area contributed by atoms with Crippen molar-refractivity contribution in [1.82, 2.24) is 0 Å². The zero-order valence-electron chi connectivity index (χ0n) is 38.2. The molecule has 0 saturated carbocycles. The fourth-order valence-corrected chi connectivity index (χ4v) is 8.29. The van der Waals surface area contributed by atoms with Crippen molar-refractivity contribution < 1.29 is 28.7 Å². The van der Waals surface area contributed by atoms with E-state index < -0.39 is 23.1 Å². The van der Waals surface area contributed by atoms with Crippen LogP contribution in [-0.2, 0) is 9.47 Å². The number of thioether (sulfide) groups is 1. The number of carbonyl (C=O) groups is 4. The minimum absolute atomic E-state index is 0.245. The highest BCUT2D eigenvalue weighted by molar-refractivity contribution is 9.10. The SMILES string of the molecule is Cc1ccc(Br)cc1C(=O)Nc1cc(-c2ccccc2)ccc1C(=O)OC(C)(C)C.Cc1ccc(N2CCSCC2)cc1C(=O)Nc1cc(-c2ccccc2)ccc1C(=O)OC(C)(C)C. The van der Waals surface area contributed by atoms with Gasteiger partial charge < -0.3 is 25.0 Å². The monoisotopic (exact) mass is 953 g/mol. The predicted molar refractivity (Wildman–Crippen MR) is 270 cm³/mol. The lowest BCUT2D eigenvalue weighted by Crippen LogP contribution is -2.32. The number of benzene rings is 6. The highest BCUT2D eigenvalue weighted by atomic mass is 79.9. The number of rotatable bonds is 9. The molecule has 0 spiro atoms. The van der Waals surface area contributed by atoms with Crippen molar-refractivity contribution in [1.29, 1.82) is 0 Å². The summed E-state index contributed by atoms with van der Waals surface area (Å²) in [4.78, 5) is 54.6. The van der Waals surface area contributed by atoms with Crippen molar-refractivity contribution in [2.75, 3.05) is 40.1 Å². The van der Waals surface area contributed by atoms with Crippen molar-refractivity contribution in [2.45, 2.75) is 66.6 Å². The van der Waals surface area contributed by atoms with E-state index in [4.69, 9.17) is 9.47 Å². The maximum absolute atomic E-state index is 13.5. The van der Waals surface area contributed by atoms with E-state index in [0.29, 0.717) is 33.6 Å². The second-order valence-electron chi connectivity index (χ2n) is 17.7. The average Bonchev–Trinajstić information content (AvgIpc) is 3.27. The summed E-state index contributed by atoms with van der Waals surface area (Å²) in [5, 5.41) is 5.92. The molecule has 0 atom stereocenters. The highest BCUT2D eigenvalue weighted by Crippen LogP contribution is 2.31. The number of esters is 2. The maximum atomic E-state index is 13.5. The summed E-state index contributed by atoms with van der Waals surface area (Å²) in [6, 6.07) is 42.0. The Hall–Kier alpha value is -6.17. The summed E-state index contributed by atoms with van der Waals surface area (Å²) in [7, 11) is 0. The molecule has 2 N–H and O–H groups in total. The molecule has 6 aromatic rings. The Morgan fingerprint density at radius 2 is 0.954 bits per heavy atom. The third-order valence-electron chi connectivity index (χ3n) is 10.3. The summed E-state index contributed by atoms with van der Waals surface area (Å²) in [6.07, 6.45) is 0. The Kier molecular flexibility index (Phi) is 15.8. The van der Waals surface area contributed by atoms with Crippen LogP contribution >= 0.6 is 27.7 Å². The Morgan fingerprint density at radius 3 is 1.40 bits per heavy atom. The number of nitrogens with one attached hydrogen (secondary N) is 2. The Morgan fingerprint density at radius 1 is 0.523 bits per heavy atom. The second-order valence-corrected chi connectivity index (χ2v) is 19.9. The first-order valence-corrected chi connectivity index (χ1v) is 23.5. The first-order chi connectivity index (χ1) is 30.8. The number of aryl methyl sites for hydroxylation is 2. The van der Waals surface area contributed by atoms with Gasteiger partial charge in [0.1, 0.15) is 11.2 Å². The molecule has 1 saturated heterocycles. The quantitative estimate of drug-likeness (QED) is 0.138. The lowest BCUT2D eigenvalue weighted by Gasteiger charge is -2.29. The van der Waals surface area contributed by atoms with Crippen LogP contribution < -0.4 is 15.5 Å². The number of halogens is 1. The van der Waals surface area contributed by atoms with Gasteiger partial charge in [0.05, 0.1) is 22.5 Å². The van der Waals surface area contributed by atoms with E-state index >= 15 is 0 Å². The zero-order chi connectivity index (χ0) is 46.9. The minimum Gasteiger partial charge on any atom is -0.456 e. The number of hydrogen-bond donors (Lipinski definition) is 2. The summed E-state index contributed by atoms with van der Waals surface area (Å²) in [6.45, 7) is 16.7. The first-order valence-electron chi connectivity index (χ1n) is 21.5. The Bertz CT molecular complexity index is 2670. The van der Waals surface area contributed by atoms with Crippen molar-refractivity contribution in [3.8, 4) is 22.3 Å². The molecule has 0 radical (unpaired) electrons. The van der Waals surface area contributed by atoms with Crippen molar-refractivity contribution >= 4 is 68.5 Å². The topological polar surface area (TPSA) is 114 Å². The molecule has 9 nitrogen and oxygen atoms in total. The van der Waals surface area contributed by atoms with Gasteiger partial charge in [-0.25, -0.2) is 9.59 Å². The largest absolute Gasteiger partial charge is 0.456 e. The van der Waals surface area contributed by atoms with E-state index in [0.717, 1.165) is 68.1 Å². The smallest absolute Gasteiger partial charge is 0.340 e. The van der Waals surface area contributed by atoms with Gasteiger partial charge in [0.2, 0.25) is 0 Å². The molecule has 11 heteroatoms. The summed E-state index contributed by atoms with van der Waals surface area (Å²) < 4.78 is 12.0. The minimum atomic E-state index is -0.645. The van der Waals surface area contributed by atoms with Gasteiger partial charge in [-0.3, -0.25) is 9.59 Å². The van der Waals surface area contributed by atoms with Gasteiger partial charge in [0, 0.05) is 45.9 Å². The second kappa shape index (κ2) is 21.2. The van der Waals surface area contributed by atoms with E-state index in [1.54, 1.807) is 24.3 Å². The number of hydrogen-bond acceptors (Lipinski definition) is 8. The molecule has 336 valence electrons. The third kappa shape index (κ3) is 13.4. The van der Waals surface area contributed by atoms with Crippen LogP contribution in [0.4, 0.5) is 17.1 Å². The van der Waals surface area contributed by atoms with Gasteiger partial charge in [-0.15, -0.1) is 0 Å². The van der Waals surface area contributed by atoms with E-state index in [9.17, 15) is 19.2 Å². The van der Waals surface area contributed by atoms with Crippen molar-refractivity contribution in [2.24, 2.45) is 0 Å². The molecule has 1 heterocycles. The third-order valence-corrected chi connectivity index (χ3v) is 11.7. The van der Waals surface area contributed by atoms with Crippen LogP contribution in [0, 0.1) is 13.8 Å². The predicted octanol–water partition coefficient (Wildman–Crippen LogP) is 13.1. The molecule has 1 aliphatic heterocycles. The van der Waals surface area contributed by atoms with Crippen LogP contribution in [0.15, 0.2) is 138 Å². The molecule has 0 aliphatic carbocycles. The molecule has 0 aromatic heterocycles. The number of nitrogens with zero attached hydrogens (tertiary/aromatic N) is 1. The van der Waals surface area contributed by atoms with E-state index in [2.05, 4.69) is 37.5 Å². The zero-order valence-corrected chi connectivity index (χ0v) is 40.6. The van der Waals surface area contributed by atoms with Crippen LogP contribution in [0.25, 0.3) is 22.3 Å². The first kappa shape index (κ1) is 48.3. The van der Waals surface area contributed by atoms with Gasteiger partial charge >= 0.3 is 11.9 Å². The number of amides is 2. The molecule has 0 bridgehead atoms. The van der Waals surface area contributed by atoms with E-state index in [1.807, 2.05) is 170 Å². The molecule has 6 aromatic carbocycles. The van der Waals surface area contributed by atoms with Crippen LogP contribution in [-0.4, -0.2) is 59.6 Å². The summed E-state index contributed by atoms with van der Waals surface area (Å²) >= 11 is 5.36. The number of carbonyl (C=O) groups excluding carboxylic acids is 4. The Labute approximate surface area is 395 Å². The maximum Gasteiger partial charge on any atom is 0.340 e. The average molecular weight is 955 g/mol. The highest BCUT2D eigenvalue weighted by Gasteiger charge is 2.25. The standard InChI is InChI=1S/C29H32N2O3S.C25H24BrNO3/c1-20-10-12-23(31-14-16-35-17-15-31)19-25(20)27(32)30-26-18-22(21-8-6-5-7-9-21)11-13-24(26)28(33)34-29(2,3)4;1-16-10-12-19(26)15-21(16)23(28)27-22-14-18(17-8-6-5-7-9-17)11-13-20(22)24(29)30-25(2,3)4/h5-13,18-19H,14-17H2,1-4H3,(H,30,32);5-15H,1-4H3,(H,27,28). The van der Waals surface area contributed by atoms with Crippen LogP contribution in [0.1, 0.15) is 94.1 Å². The molecule has 2 amide bonds. The van der Waals surface area contributed by atoms with Gasteiger partial charge in [-0.1, -0.05) is 101 Å². The summed E-state index contributed by atoms with van der Waals surface area (Å²) in [5.41, 5.74) is 7.89. The number of anilines is 3. The number of ether oxygens (including phenoxy) is 2. The fourth-order valence-electron chi connectivity index (χ4n) is 7.03. The van der Waals surface area contributed by atoms with Gasteiger partial charge in [0.15, 0.2) is 0 Å². The molecule has 1 fully saturated rings. The molecule has 7 rings (SSSR count). The van der Waals surface area contributed by atoms with Gasteiger partial charge in [0.25, 0.3) is 11.8 Å². The van der Waals surface area contributed by atoms with Crippen LogP contribution in [0.2, 0.25) is 0 Å². The summed E-state index contributed by atoms with van der Waals surface area (Å²) in [5.74, 6) is 0.684. The van der Waals surface area contributed by atoms with Crippen LogP contribution in [0.3, 0.4) is 0 Å². The van der Waals surface area contributed by atoms with E-state index in [-0.39, 0.29) is 11.8 Å². The molecule has 65 heavy (non-hydrogen) atoms. The van der Waals surface area contributed by atoms with Crippen molar-refractivity contribution in [3.63, 3.8) is 0 Å². The van der Waals surface area contributed by atoms with Gasteiger partial charge in [-0.2, -0.15) is 11.8 Å². The lowest BCUT2D eigenvalue weighted by atomic mass is 10.0. The van der Waals surface area contributed by atoms with Crippen LogP contribution in [0.5, 0.6) is 0 Å². The lowest BCUT2D eigenvalue weighted by molar-refractivity contribution is 0.00580. The molecule has 1 aliphatic rings. The molecule has 0 unspecified atom stereocenters. The van der Waals surface area contributed by atoms with E-state index in [1.165, 1.54) is 0 Å². The molecular formula is C54H56BrN3O6S. The normalized spacial score (nSPS) is 12.6.